The third-order valence-corrected chi connectivity index (χ3v) is 4.87. The number of aromatic nitrogens is 3. The number of nitrogens with one attached hydrogen (secondary N) is 3. The number of aryl methyl sites for hydroxylation is 1. The fraction of sp³-hybridized carbons (Fsp3) is 0.421. The maximum Gasteiger partial charge on any atom is 0.404 e. The summed E-state index contributed by atoms with van der Waals surface area (Å²) in [4.78, 5) is 27.3. The average molecular weight is 399 g/mol. The van der Waals surface area contributed by atoms with Crippen LogP contribution in [0.15, 0.2) is 24.3 Å². The topological polar surface area (TPSA) is 155 Å². The van der Waals surface area contributed by atoms with Crippen LogP contribution in [-0.4, -0.2) is 44.4 Å². The van der Waals surface area contributed by atoms with E-state index in [1.54, 1.807) is 12.1 Å². The van der Waals surface area contributed by atoms with Gasteiger partial charge in [0.25, 0.3) is 5.91 Å². The Hall–Kier alpha value is -3.43. The second kappa shape index (κ2) is 9.18. The molecule has 1 fully saturated rings. The molecular formula is C19H25N7O3. The van der Waals surface area contributed by atoms with Gasteiger partial charge in [-0.05, 0) is 31.4 Å². The average Bonchev–Trinajstić information content (AvgIpc) is 2.69. The van der Waals surface area contributed by atoms with Crippen LogP contribution in [0.25, 0.3) is 0 Å². The minimum absolute atomic E-state index is 0.00288. The Balaban J connectivity index is 1.83. The van der Waals surface area contributed by atoms with Crippen molar-refractivity contribution < 1.29 is 14.7 Å². The van der Waals surface area contributed by atoms with Crippen LogP contribution in [-0.2, 0) is 6.42 Å². The number of anilines is 3. The van der Waals surface area contributed by atoms with Gasteiger partial charge in [0, 0.05) is 17.8 Å². The molecule has 0 aromatic carbocycles. The number of primary amides is 1. The molecule has 2 atom stereocenters. The summed E-state index contributed by atoms with van der Waals surface area (Å²) in [5.41, 5.74) is 6.73. The zero-order valence-electron chi connectivity index (χ0n) is 16.2. The number of nitrogens with zero attached hydrogens (tertiary/aromatic N) is 3. The molecule has 0 spiro atoms. The second-order valence-electron chi connectivity index (χ2n) is 6.94. The first-order valence-electron chi connectivity index (χ1n) is 9.62. The molecule has 2 aromatic rings. The zero-order chi connectivity index (χ0) is 20.8. The lowest BCUT2D eigenvalue weighted by atomic mass is 9.90. The first kappa shape index (κ1) is 20.3. The van der Waals surface area contributed by atoms with E-state index in [2.05, 4.69) is 31.1 Å². The van der Waals surface area contributed by atoms with Crippen molar-refractivity contribution in [1.82, 2.24) is 20.5 Å². The van der Waals surface area contributed by atoms with E-state index in [0.29, 0.717) is 17.3 Å². The predicted octanol–water partition coefficient (Wildman–Crippen LogP) is 2.27. The highest BCUT2D eigenvalue weighted by Gasteiger charge is 2.27. The summed E-state index contributed by atoms with van der Waals surface area (Å²) in [6.07, 6.45) is 3.22. The summed E-state index contributed by atoms with van der Waals surface area (Å²) >= 11 is 0. The second-order valence-corrected chi connectivity index (χ2v) is 6.94. The van der Waals surface area contributed by atoms with E-state index in [1.165, 1.54) is 0 Å². The van der Waals surface area contributed by atoms with Crippen LogP contribution >= 0.6 is 0 Å². The number of amides is 2. The van der Waals surface area contributed by atoms with Gasteiger partial charge in [0.1, 0.15) is 5.82 Å². The van der Waals surface area contributed by atoms with Crippen molar-refractivity contribution in [2.45, 2.75) is 51.1 Å². The van der Waals surface area contributed by atoms with E-state index in [0.717, 1.165) is 37.8 Å². The molecule has 1 aliphatic carbocycles. The van der Waals surface area contributed by atoms with Crippen LogP contribution in [0.2, 0.25) is 0 Å². The van der Waals surface area contributed by atoms with Crippen molar-refractivity contribution >= 4 is 29.3 Å². The van der Waals surface area contributed by atoms with E-state index < -0.39 is 12.0 Å². The van der Waals surface area contributed by atoms with E-state index in [9.17, 15) is 9.59 Å². The van der Waals surface area contributed by atoms with Crippen molar-refractivity contribution in [2.75, 3.05) is 10.6 Å². The van der Waals surface area contributed by atoms with Gasteiger partial charge in [0.15, 0.2) is 11.5 Å². The minimum Gasteiger partial charge on any atom is -0.465 e. The smallest absolute Gasteiger partial charge is 0.404 e. The molecule has 0 bridgehead atoms. The number of carbonyl (C=O) groups is 2. The molecule has 0 saturated heterocycles. The Morgan fingerprint density at radius 3 is 2.62 bits per heavy atom. The lowest BCUT2D eigenvalue weighted by Gasteiger charge is -2.32. The third-order valence-electron chi connectivity index (χ3n) is 4.87. The maximum absolute atomic E-state index is 11.8. The van der Waals surface area contributed by atoms with Gasteiger partial charge in [0.05, 0.1) is 11.7 Å². The molecule has 1 saturated carbocycles. The lowest BCUT2D eigenvalue weighted by molar-refractivity contribution is 0.0995. The summed E-state index contributed by atoms with van der Waals surface area (Å²) in [6, 6.07) is 6.86. The Morgan fingerprint density at radius 2 is 1.93 bits per heavy atom. The van der Waals surface area contributed by atoms with Crippen LogP contribution in [0.5, 0.6) is 0 Å². The van der Waals surface area contributed by atoms with Crippen molar-refractivity contribution in [1.29, 1.82) is 0 Å². The summed E-state index contributed by atoms with van der Waals surface area (Å²) in [6.45, 7) is 2.00. The number of carboxylic acid groups (broad SMARTS) is 1. The van der Waals surface area contributed by atoms with Gasteiger partial charge in [-0.1, -0.05) is 25.8 Å². The Kier molecular flexibility index (Phi) is 6.43. The molecule has 0 unspecified atom stereocenters. The monoisotopic (exact) mass is 399 g/mol. The lowest BCUT2D eigenvalue weighted by Crippen LogP contribution is -2.48. The number of hydrogen-bond acceptors (Lipinski definition) is 7. The van der Waals surface area contributed by atoms with E-state index >= 15 is 0 Å². The van der Waals surface area contributed by atoms with Gasteiger partial charge >= 0.3 is 6.09 Å². The number of pyridine rings is 1. The van der Waals surface area contributed by atoms with Gasteiger partial charge in [-0.2, -0.15) is 0 Å². The fourth-order valence-electron chi connectivity index (χ4n) is 3.45. The van der Waals surface area contributed by atoms with Crippen LogP contribution in [0.1, 0.15) is 48.8 Å². The molecule has 10 heteroatoms. The molecule has 0 radical (unpaired) electrons. The fourth-order valence-corrected chi connectivity index (χ4v) is 3.45. The summed E-state index contributed by atoms with van der Waals surface area (Å²) in [5, 5.41) is 25.9. The molecule has 2 amide bonds. The summed E-state index contributed by atoms with van der Waals surface area (Å²) < 4.78 is 0. The van der Waals surface area contributed by atoms with E-state index in [4.69, 9.17) is 10.8 Å². The molecule has 1 aliphatic rings. The number of carbonyl (C=O) groups excluding carboxylic acids is 1. The molecule has 0 aliphatic heterocycles. The van der Waals surface area contributed by atoms with Crippen molar-refractivity contribution in [3.8, 4) is 0 Å². The standard InChI is InChI=1S/C19H25N7O3/c1-2-11-6-5-9-15(21-11)23-14-10-16(25-26-17(14)18(20)27)22-12-7-3-4-8-13(12)24-19(28)29/h5-6,9-10,12-13,24H,2-4,7-8H2,1H3,(H2,20,27)(H,28,29)(H2,21,22,23,25)/t12-,13+/m1/s1. The first-order valence-corrected chi connectivity index (χ1v) is 9.62. The molecule has 6 N–H and O–H groups in total. The highest BCUT2D eigenvalue weighted by molar-refractivity contribution is 5.97. The van der Waals surface area contributed by atoms with Gasteiger partial charge < -0.3 is 26.8 Å². The van der Waals surface area contributed by atoms with Crippen LogP contribution in [0.3, 0.4) is 0 Å². The van der Waals surface area contributed by atoms with Gasteiger partial charge in [-0.25, -0.2) is 9.78 Å². The quantitative estimate of drug-likeness (QED) is 0.475. The molecule has 2 aromatic heterocycles. The zero-order valence-corrected chi connectivity index (χ0v) is 16.2. The normalized spacial score (nSPS) is 18.7. The van der Waals surface area contributed by atoms with Gasteiger partial charge in [-0.15, -0.1) is 10.2 Å². The molecule has 154 valence electrons. The molecule has 29 heavy (non-hydrogen) atoms. The highest BCUT2D eigenvalue weighted by atomic mass is 16.4. The predicted molar refractivity (Wildman–Crippen MR) is 108 cm³/mol. The SMILES string of the molecule is CCc1cccc(Nc2cc(N[C@@H]3CCCC[C@@H]3NC(=O)O)nnc2C(N)=O)n1. The van der Waals surface area contributed by atoms with Gasteiger partial charge in [0.2, 0.25) is 0 Å². The summed E-state index contributed by atoms with van der Waals surface area (Å²) in [7, 11) is 0. The number of hydrogen-bond donors (Lipinski definition) is 5. The van der Waals surface area contributed by atoms with Crippen molar-refractivity contribution in [3.05, 3.63) is 35.7 Å². The Morgan fingerprint density at radius 1 is 1.17 bits per heavy atom. The van der Waals surface area contributed by atoms with Crippen LogP contribution < -0.4 is 21.7 Å². The van der Waals surface area contributed by atoms with Crippen LogP contribution in [0, 0.1) is 0 Å². The van der Waals surface area contributed by atoms with Crippen LogP contribution in [0.4, 0.5) is 22.1 Å². The van der Waals surface area contributed by atoms with Crippen molar-refractivity contribution in [2.24, 2.45) is 5.73 Å². The van der Waals surface area contributed by atoms with Gasteiger partial charge in [-0.3, -0.25) is 4.79 Å². The first-order chi connectivity index (χ1) is 14.0. The Bertz CT molecular complexity index is 890. The Labute approximate surface area is 168 Å². The number of rotatable bonds is 7. The minimum atomic E-state index is -1.05. The largest absolute Gasteiger partial charge is 0.465 e. The summed E-state index contributed by atoms with van der Waals surface area (Å²) in [5.74, 6) is 0.281. The molecular weight excluding hydrogens is 374 g/mol. The third kappa shape index (κ3) is 5.31. The molecule has 10 nitrogen and oxygen atoms in total. The maximum atomic E-state index is 11.8. The van der Waals surface area contributed by atoms with E-state index in [-0.39, 0.29) is 17.8 Å². The highest BCUT2D eigenvalue weighted by Crippen LogP contribution is 2.25. The van der Waals surface area contributed by atoms with E-state index in [1.807, 2.05) is 19.1 Å². The molecule has 3 rings (SSSR count). The van der Waals surface area contributed by atoms with Crippen molar-refractivity contribution in [3.63, 3.8) is 0 Å². The number of nitrogens with two attached hydrogens (primary N) is 1. The molecule has 2 heterocycles.